The van der Waals surface area contributed by atoms with E-state index in [2.05, 4.69) is 14.5 Å². The number of hydrogen-bond donors (Lipinski definition) is 3. The average molecular weight is 399 g/mol. The highest BCUT2D eigenvalue weighted by atomic mass is 32.1. The maximum atomic E-state index is 14.2. The molecule has 0 aliphatic rings. The second-order valence-corrected chi connectivity index (χ2v) is 7.22. The minimum Gasteiger partial charge on any atom is -0.383 e. The summed E-state index contributed by atoms with van der Waals surface area (Å²) in [6.07, 6.45) is -1.95. The fourth-order valence-corrected chi connectivity index (χ4v) is 3.38. The number of thiazole rings is 1. The first kappa shape index (κ1) is 19.7. The number of rotatable bonds is 7. The Bertz CT molecular complexity index is 814. The highest BCUT2D eigenvalue weighted by Crippen LogP contribution is 2.36. The molecule has 4 N–H and O–H groups in total. The van der Waals surface area contributed by atoms with Crippen molar-refractivity contribution in [2.75, 3.05) is 12.3 Å². The van der Waals surface area contributed by atoms with E-state index in [1.54, 1.807) is 6.92 Å². The van der Waals surface area contributed by atoms with Gasteiger partial charge in [0.2, 0.25) is 0 Å². The number of aryl methyl sites for hydroxylation is 1. The van der Waals surface area contributed by atoms with Crippen molar-refractivity contribution in [1.82, 2.24) is 9.97 Å². The van der Waals surface area contributed by atoms with Gasteiger partial charge in [-0.3, -0.25) is 4.52 Å². The van der Waals surface area contributed by atoms with E-state index in [9.17, 15) is 17.7 Å². The van der Waals surface area contributed by atoms with E-state index in [1.807, 2.05) is 0 Å². The summed E-state index contributed by atoms with van der Waals surface area (Å²) in [4.78, 5) is 25.0. The largest absolute Gasteiger partial charge is 0.469 e. The maximum Gasteiger partial charge on any atom is 0.469 e. The predicted molar refractivity (Wildman–Crippen MR) is 81.4 cm³/mol. The zero-order chi connectivity index (χ0) is 18.8. The fourth-order valence-electron chi connectivity index (χ4n) is 2.08. The van der Waals surface area contributed by atoms with Crippen LogP contribution in [0.2, 0.25) is 0 Å². The molecule has 2 rings (SSSR count). The normalized spacial score (nSPS) is 12.1. The number of hydrogen-bond acceptors (Lipinski definition) is 6. The van der Waals surface area contributed by atoms with E-state index in [4.69, 9.17) is 15.5 Å². The van der Waals surface area contributed by atoms with E-state index in [1.165, 1.54) is 6.20 Å². The van der Waals surface area contributed by atoms with Crippen molar-refractivity contribution in [3.05, 3.63) is 33.4 Å². The first-order chi connectivity index (χ1) is 11.6. The molecule has 0 saturated carbocycles. The van der Waals surface area contributed by atoms with Gasteiger partial charge in [-0.2, -0.15) is 13.3 Å². The molecule has 0 saturated heterocycles. The molecule has 25 heavy (non-hydrogen) atoms. The molecule has 0 atom stereocenters. The van der Waals surface area contributed by atoms with Crippen LogP contribution in [0, 0.1) is 12.2 Å². The van der Waals surface area contributed by atoms with Gasteiger partial charge < -0.3 is 15.5 Å². The van der Waals surface area contributed by atoms with Gasteiger partial charge in [0.1, 0.15) is 11.6 Å². The van der Waals surface area contributed by atoms with Crippen LogP contribution in [0.1, 0.15) is 28.4 Å². The van der Waals surface area contributed by atoms with Crippen LogP contribution < -0.4 is 10.3 Å². The van der Waals surface area contributed by atoms with Crippen molar-refractivity contribution in [3.63, 3.8) is 0 Å². The number of anilines is 1. The van der Waals surface area contributed by atoms with Gasteiger partial charge in [-0.1, -0.05) is 0 Å². The number of halogens is 3. The Morgan fingerprint density at radius 3 is 2.72 bits per heavy atom. The van der Waals surface area contributed by atoms with Gasteiger partial charge >= 0.3 is 19.5 Å². The SMILES string of the molecule is Cc1ncc(C[n+]2c(F)sc(CCOP(=O)(O)O)c2C(F)F)c(N)n1. The predicted octanol–water partition coefficient (Wildman–Crippen LogP) is 1.49. The Kier molecular flexibility index (Phi) is 6.12. The van der Waals surface area contributed by atoms with Crippen LogP contribution in [0.5, 0.6) is 0 Å². The van der Waals surface area contributed by atoms with E-state index in [0.29, 0.717) is 17.2 Å². The Morgan fingerprint density at radius 2 is 2.16 bits per heavy atom. The highest BCUT2D eigenvalue weighted by Gasteiger charge is 2.34. The molecule has 2 aromatic rings. The van der Waals surface area contributed by atoms with Gasteiger partial charge in [0.05, 0.1) is 17.0 Å². The van der Waals surface area contributed by atoms with Crippen molar-refractivity contribution in [3.8, 4) is 0 Å². The lowest BCUT2D eigenvalue weighted by Gasteiger charge is -2.05. The molecular weight excluding hydrogens is 384 g/mol. The summed E-state index contributed by atoms with van der Waals surface area (Å²) in [6, 6.07) is 0. The second kappa shape index (κ2) is 7.75. The zero-order valence-corrected chi connectivity index (χ0v) is 14.6. The molecule has 0 fully saturated rings. The summed E-state index contributed by atoms with van der Waals surface area (Å²) in [5.74, 6) is 0.443. The van der Waals surface area contributed by atoms with Gasteiger partial charge in [0, 0.05) is 12.6 Å². The molecule has 0 aliphatic carbocycles. The number of phosphoric acid groups is 1. The van der Waals surface area contributed by atoms with E-state index in [0.717, 1.165) is 4.57 Å². The Balaban J connectivity index is 2.30. The summed E-state index contributed by atoms with van der Waals surface area (Å²) in [6.45, 7) is 0.773. The van der Waals surface area contributed by atoms with Crippen LogP contribution in [-0.2, 0) is 22.1 Å². The summed E-state index contributed by atoms with van der Waals surface area (Å²) < 4.78 is 56.6. The summed E-state index contributed by atoms with van der Waals surface area (Å²) in [5, 5.41) is -0.901. The quantitative estimate of drug-likeness (QED) is 0.476. The molecule has 0 unspecified atom stereocenters. The van der Waals surface area contributed by atoms with E-state index in [-0.39, 0.29) is 29.2 Å². The third kappa shape index (κ3) is 5.19. The minimum atomic E-state index is -4.73. The number of phosphoric ester groups is 1. The van der Waals surface area contributed by atoms with Crippen molar-refractivity contribution in [1.29, 1.82) is 0 Å². The van der Waals surface area contributed by atoms with E-state index < -0.39 is 31.8 Å². The fraction of sp³-hybridized carbons (Fsp3) is 0.417. The van der Waals surface area contributed by atoms with Crippen molar-refractivity contribution < 1.29 is 36.6 Å². The number of nitrogens with zero attached hydrogens (tertiary/aromatic N) is 3. The third-order valence-corrected chi connectivity index (χ3v) is 4.71. The van der Waals surface area contributed by atoms with Crippen LogP contribution in [0.3, 0.4) is 0 Å². The average Bonchev–Trinajstić information content (AvgIpc) is 2.76. The molecule has 0 bridgehead atoms. The Hall–Kier alpha value is -1.59. The van der Waals surface area contributed by atoms with Crippen LogP contribution in [0.25, 0.3) is 0 Å². The number of aromatic nitrogens is 3. The minimum absolute atomic E-state index is 0.0530. The highest BCUT2D eigenvalue weighted by molar-refractivity contribution is 7.46. The number of alkyl halides is 2. The number of nitrogen functional groups attached to an aromatic ring is 1. The maximum absolute atomic E-state index is 14.2. The number of nitrogens with two attached hydrogens (primary N) is 1. The molecular formula is C12H15F3N4O4PS+. The van der Waals surface area contributed by atoms with Gasteiger partial charge in [-0.15, -0.1) is 4.39 Å². The molecule has 0 aromatic carbocycles. The van der Waals surface area contributed by atoms with Crippen LogP contribution in [-0.4, -0.2) is 26.4 Å². The molecule has 13 heteroatoms. The van der Waals surface area contributed by atoms with Crippen molar-refractivity contribution in [2.24, 2.45) is 0 Å². The standard InChI is InChI=1S/C12H14F3N4O4PS/c1-6-17-4-7(11(16)18-6)5-19-9(10(13)14)8(25-12(19)15)2-3-23-24(20,21)22/h4,10H,2-3,5H2,1H3,(H3-,16,17,18,20,21,22)/p+1. The molecule has 2 aromatic heterocycles. The Labute approximate surface area is 144 Å². The Morgan fingerprint density at radius 1 is 1.48 bits per heavy atom. The van der Waals surface area contributed by atoms with Crippen molar-refractivity contribution in [2.45, 2.75) is 26.3 Å². The zero-order valence-electron chi connectivity index (χ0n) is 12.9. The van der Waals surface area contributed by atoms with Gasteiger partial charge in [0.25, 0.3) is 5.69 Å². The van der Waals surface area contributed by atoms with Gasteiger partial charge in [0.15, 0.2) is 6.54 Å². The van der Waals surface area contributed by atoms with Gasteiger partial charge in [-0.25, -0.2) is 14.5 Å². The first-order valence-electron chi connectivity index (χ1n) is 6.85. The van der Waals surface area contributed by atoms with Crippen molar-refractivity contribution >= 4 is 25.0 Å². The van der Waals surface area contributed by atoms with Crippen LogP contribution in [0.4, 0.5) is 19.0 Å². The lowest BCUT2D eigenvalue weighted by Crippen LogP contribution is -2.41. The monoisotopic (exact) mass is 399 g/mol. The molecule has 0 amide bonds. The summed E-state index contributed by atoms with van der Waals surface area (Å²) in [7, 11) is -4.73. The third-order valence-electron chi connectivity index (χ3n) is 3.14. The summed E-state index contributed by atoms with van der Waals surface area (Å²) >= 11 is 0.450. The molecule has 0 radical (unpaired) electrons. The molecule has 8 nitrogen and oxygen atoms in total. The van der Waals surface area contributed by atoms with Gasteiger partial charge in [-0.05, 0) is 18.3 Å². The lowest BCUT2D eigenvalue weighted by atomic mass is 10.2. The molecule has 0 aliphatic heterocycles. The second-order valence-electron chi connectivity index (χ2n) is 4.95. The summed E-state index contributed by atoms with van der Waals surface area (Å²) in [5.41, 5.74) is 5.37. The molecule has 0 spiro atoms. The molecule has 138 valence electrons. The topological polar surface area (TPSA) is 122 Å². The lowest BCUT2D eigenvalue weighted by molar-refractivity contribution is -0.721. The van der Waals surface area contributed by atoms with Crippen LogP contribution >= 0.6 is 19.2 Å². The van der Waals surface area contributed by atoms with Crippen LogP contribution in [0.15, 0.2) is 6.20 Å². The molecule has 2 heterocycles. The first-order valence-corrected chi connectivity index (χ1v) is 9.20. The smallest absolute Gasteiger partial charge is 0.383 e. The van der Waals surface area contributed by atoms with E-state index >= 15 is 0 Å².